The van der Waals surface area contributed by atoms with Gasteiger partial charge in [-0.25, -0.2) is 9.59 Å². The standard InChI is InChI=1S/C28H28N2O4/c31-27(32)26-24-17-16-23(18-25(24)34-19-20-10-4-1-5-11-20)30(26)28(33)29(21-12-6-2-7-13-21)22-14-8-3-9-15-22/h1-15,23-26H,16-19H2,(H,31,32)/t23-,24+,25?,26-/m0/s1. The van der Waals surface area contributed by atoms with Crippen molar-refractivity contribution in [2.24, 2.45) is 5.92 Å². The molecule has 1 unspecified atom stereocenters. The van der Waals surface area contributed by atoms with E-state index in [-0.39, 0.29) is 24.1 Å². The van der Waals surface area contributed by atoms with Crippen molar-refractivity contribution >= 4 is 23.4 Å². The molecule has 2 heterocycles. The second kappa shape index (κ2) is 9.69. The van der Waals surface area contributed by atoms with Gasteiger partial charge in [0.1, 0.15) is 6.04 Å². The summed E-state index contributed by atoms with van der Waals surface area (Å²) in [6, 6.07) is 27.3. The Kier molecular flexibility index (Phi) is 6.32. The van der Waals surface area contributed by atoms with E-state index < -0.39 is 12.0 Å². The molecule has 6 nitrogen and oxygen atoms in total. The molecule has 174 valence electrons. The Hall–Kier alpha value is -3.64. The van der Waals surface area contributed by atoms with Crippen molar-refractivity contribution in [1.29, 1.82) is 0 Å². The van der Waals surface area contributed by atoms with Gasteiger partial charge in [-0.05, 0) is 49.1 Å². The molecule has 34 heavy (non-hydrogen) atoms. The minimum absolute atomic E-state index is 0.186. The molecule has 2 bridgehead atoms. The summed E-state index contributed by atoms with van der Waals surface area (Å²) in [5.74, 6) is -1.22. The number of carbonyl (C=O) groups excluding carboxylic acids is 1. The van der Waals surface area contributed by atoms with Crippen molar-refractivity contribution in [3.8, 4) is 0 Å². The second-order valence-corrected chi connectivity index (χ2v) is 8.95. The highest BCUT2D eigenvalue weighted by Gasteiger charge is 2.53. The van der Waals surface area contributed by atoms with Crippen LogP contribution in [0.2, 0.25) is 0 Å². The molecular weight excluding hydrogens is 428 g/mol. The molecule has 3 aromatic rings. The lowest BCUT2D eigenvalue weighted by molar-refractivity contribution is -0.161. The monoisotopic (exact) mass is 456 g/mol. The minimum atomic E-state index is -0.975. The third-order valence-electron chi connectivity index (χ3n) is 6.91. The summed E-state index contributed by atoms with van der Waals surface area (Å²) in [6.45, 7) is 0.440. The fourth-order valence-electron chi connectivity index (χ4n) is 5.36. The molecule has 2 saturated heterocycles. The van der Waals surface area contributed by atoms with Crippen LogP contribution in [0, 0.1) is 5.92 Å². The van der Waals surface area contributed by atoms with Gasteiger partial charge in [0.15, 0.2) is 0 Å². The molecule has 2 amide bonds. The Morgan fingerprint density at radius 1 is 0.853 bits per heavy atom. The number of amides is 2. The average Bonchev–Trinajstić information content (AvgIpc) is 2.89. The van der Waals surface area contributed by atoms with Crippen LogP contribution in [0.1, 0.15) is 24.8 Å². The fourth-order valence-corrected chi connectivity index (χ4v) is 5.36. The zero-order valence-electron chi connectivity index (χ0n) is 18.9. The number of carbonyl (C=O) groups is 2. The number of rotatable bonds is 6. The highest BCUT2D eigenvalue weighted by Crippen LogP contribution is 2.43. The molecule has 3 aromatic carbocycles. The van der Waals surface area contributed by atoms with Crippen LogP contribution < -0.4 is 4.90 Å². The number of ether oxygens (including phenoxy) is 1. The second-order valence-electron chi connectivity index (χ2n) is 8.95. The van der Waals surface area contributed by atoms with Gasteiger partial charge in [0.25, 0.3) is 0 Å². The molecule has 1 N–H and O–H groups in total. The van der Waals surface area contributed by atoms with E-state index in [0.717, 1.165) is 18.4 Å². The lowest BCUT2D eigenvalue weighted by Gasteiger charge is -2.53. The van der Waals surface area contributed by atoms with Crippen molar-refractivity contribution < 1.29 is 19.4 Å². The molecule has 6 heteroatoms. The van der Waals surface area contributed by atoms with Gasteiger partial charge in [0.2, 0.25) is 0 Å². The summed E-state index contributed by atoms with van der Waals surface area (Å²) in [5.41, 5.74) is 2.48. The molecule has 1 aliphatic carbocycles. The molecule has 3 aliphatic rings. The van der Waals surface area contributed by atoms with Crippen LogP contribution in [0.25, 0.3) is 0 Å². The SMILES string of the molecule is O=C(O)[C@@H]1[C@@H]2CC[C@@H](CC2OCc2ccccc2)N1C(=O)N(c1ccccc1)c1ccccc1. The Labute approximate surface area is 199 Å². The van der Waals surface area contributed by atoms with Gasteiger partial charge in [-0.15, -0.1) is 0 Å². The maximum absolute atomic E-state index is 14.0. The summed E-state index contributed by atoms with van der Waals surface area (Å²) >= 11 is 0. The number of para-hydroxylation sites is 2. The molecule has 4 atom stereocenters. The summed E-state index contributed by atoms with van der Waals surface area (Å²) in [6.07, 6.45) is 1.97. The van der Waals surface area contributed by atoms with Crippen LogP contribution >= 0.6 is 0 Å². The van der Waals surface area contributed by atoms with Gasteiger partial charge in [0.05, 0.1) is 24.1 Å². The Morgan fingerprint density at radius 3 is 1.97 bits per heavy atom. The number of hydrogen-bond acceptors (Lipinski definition) is 3. The first-order chi connectivity index (χ1) is 16.6. The largest absolute Gasteiger partial charge is 0.480 e. The van der Waals surface area contributed by atoms with E-state index in [4.69, 9.17) is 4.74 Å². The van der Waals surface area contributed by atoms with Gasteiger partial charge in [-0.2, -0.15) is 0 Å². The molecule has 0 spiro atoms. The van der Waals surface area contributed by atoms with Crippen molar-refractivity contribution in [2.75, 3.05) is 4.90 Å². The smallest absolute Gasteiger partial charge is 0.330 e. The van der Waals surface area contributed by atoms with E-state index in [2.05, 4.69) is 0 Å². The summed E-state index contributed by atoms with van der Waals surface area (Å²) in [7, 11) is 0. The van der Waals surface area contributed by atoms with Crippen molar-refractivity contribution in [3.63, 3.8) is 0 Å². The van der Waals surface area contributed by atoms with Gasteiger partial charge in [-0.1, -0.05) is 66.7 Å². The summed E-state index contributed by atoms with van der Waals surface area (Å²) < 4.78 is 6.23. The predicted octanol–water partition coefficient (Wildman–Crippen LogP) is 5.47. The Morgan fingerprint density at radius 2 is 1.41 bits per heavy atom. The van der Waals surface area contributed by atoms with Gasteiger partial charge in [0, 0.05) is 12.0 Å². The first-order valence-corrected chi connectivity index (χ1v) is 11.7. The Bertz CT molecular complexity index is 1080. The third-order valence-corrected chi connectivity index (χ3v) is 6.91. The van der Waals surface area contributed by atoms with Crippen molar-refractivity contribution in [3.05, 3.63) is 96.6 Å². The number of fused-ring (bicyclic) bond motifs is 3. The first kappa shape index (κ1) is 22.2. The highest BCUT2D eigenvalue weighted by molar-refractivity contribution is 6.01. The van der Waals surface area contributed by atoms with E-state index in [1.165, 1.54) is 0 Å². The number of carboxylic acids is 1. The van der Waals surface area contributed by atoms with Gasteiger partial charge in [-0.3, -0.25) is 4.90 Å². The average molecular weight is 457 g/mol. The van der Waals surface area contributed by atoms with E-state index in [0.29, 0.717) is 24.4 Å². The minimum Gasteiger partial charge on any atom is -0.480 e. The van der Waals surface area contributed by atoms with Crippen LogP contribution in [0.3, 0.4) is 0 Å². The number of piperidine rings is 2. The van der Waals surface area contributed by atoms with Crippen LogP contribution in [0.4, 0.5) is 16.2 Å². The Balaban J connectivity index is 1.43. The number of aliphatic carboxylic acids is 1. The molecule has 2 aliphatic heterocycles. The normalized spacial score (nSPS) is 23.5. The molecular formula is C28H28N2O4. The first-order valence-electron chi connectivity index (χ1n) is 11.7. The lowest BCUT2D eigenvalue weighted by Crippen LogP contribution is -2.66. The van der Waals surface area contributed by atoms with E-state index in [1.807, 2.05) is 91.0 Å². The number of hydrogen-bond donors (Lipinski definition) is 1. The summed E-state index contributed by atoms with van der Waals surface area (Å²) in [5, 5.41) is 10.2. The van der Waals surface area contributed by atoms with Crippen molar-refractivity contribution in [2.45, 2.75) is 44.1 Å². The molecule has 1 saturated carbocycles. The number of anilines is 2. The van der Waals surface area contributed by atoms with E-state index in [1.54, 1.807) is 9.80 Å². The highest BCUT2D eigenvalue weighted by atomic mass is 16.5. The lowest BCUT2D eigenvalue weighted by atomic mass is 9.72. The topological polar surface area (TPSA) is 70.1 Å². The molecule has 0 aromatic heterocycles. The van der Waals surface area contributed by atoms with E-state index >= 15 is 0 Å². The number of nitrogens with zero attached hydrogens (tertiary/aromatic N) is 2. The molecule has 6 rings (SSSR count). The van der Waals surface area contributed by atoms with Crippen LogP contribution in [-0.2, 0) is 16.1 Å². The van der Waals surface area contributed by atoms with Crippen LogP contribution in [-0.4, -0.2) is 40.2 Å². The van der Waals surface area contributed by atoms with Crippen LogP contribution in [0.15, 0.2) is 91.0 Å². The summed E-state index contributed by atoms with van der Waals surface area (Å²) in [4.78, 5) is 29.8. The molecule has 0 radical (unpaired) electrons. The maximum atomic E-state index is 14.0. The predicted molar refractivity (Wildman–Crippen MR) is 130 cm³/mol. The number of urea groups is 1. The van der Waals surface area contributed by atoms with Crippen LogP contribution in [0.5, 0.6) is 0 Å². The van der Waals surface area contributed by atoms with E-state index in [9.17, 15) is 14.7 Å². The van der Waals surface area contributed by atoms with Crippen molar-refractivity contribution in [1.82, 2.24) is 4.90 Å². The maximum Gasteiger partial charge on any atom is 0.330 e. The number of carboxylic acid groups (broad SMARTS) is 1. The quantitative estimate of drug-likeness (QED) is 0.534. The zero-order valence-corrected chi connectivity index (χ0v) is 18.9. The number of benzene rings is 3. The third kappa shape index (κ3) is 4.29. The molecule has 3 fully saturated rings. The zero-order chi connectivity index (χ0) is 23.5. The fraction of sp³-hybridized carbons (Fsp3) is 0.286. The van der Waals surface area contributed by atoms with Gasteiger partial charge >= 0.3 is 12.0 Å². The van der Waals surface area contributed by atoms with Gasteiger partial charge < -0.3 is 14.7 Å².